The minimum Gasteiger partial charge on any atom is -0.390 e. The summed E-state index contributed by atoms with van der Waals surface area (Å²) in [7, 11) is 0. The molecule has 0 amide bonds. The fourth-order valence-electron chi connectivity index (χ4n) is 2.54. The van der Waals surface area contributed by atoms with Crippen LogP contribution in [0.25, 0.3) is 0 Å². The zero-order valence-electron chi connectivity index (χ0n) is 12.2. The summed E-state index contributed by atoms with van der Waals surface area (Å²) in [5.74, 6) is 0. The maximum Gasteiger partial charge on any atom is 0.0791 e. The fraction of sp³-hybridized carbons (Fsp3) is 1.00. The summed E-state index contributed by atoms with van der Waals surface area (Å²) in [4.78, 5) is 5.00. The first kappa shape index (κ1) is 14.3. The van der Waals surface area contributed by atoms with E-state index in [2.05, 4.69) is 35.9 Å². The van der Waals surface area contributed by atoms with E-state index in [-0.39, 0.29) is 11.6 Å². The van der Waals surface area contributed by atoms with E-state index in [4.69, 9.17) is 0 Å². The van der Waals surface area contributed by atoms with Gasteiger partial charge in [0.15, 0.2) is 0 Å². The van der Waals surface area contributed by atoms with Crippen LogP contribution in [0, 0.1) is 0 Å². The Hall–Kier alpha value is -0.160. The quantitative estimate of drug-likeness (QED) is 0.751. The molecule has 1 heterocycles. The Morgan fingerprint density at radius 1 is 1.17 bits per heavy atom. The minimum atomic E-state index is -0.253. The fourth-order valence-corrected chi connectivity index (χ4v) is 2.54. The highest BCUT2D eigenvalue weighted by atomic mass is 16.3. The Balaban J connectivity index is 1.61. The van der Waals surface area contributed by atoms with Gasteiger partial charge in [0.05, 0.1) is 6.10 Å². The second-order valence-corrected chi connectivity index (χ2v) is 6.85. The Kier molecular flexibility index (Phi) is 4.64. The van der Waals surface area contributed by atoms with Crippen LogP contribution in [0.2, 0.25) is 0 Å². The van der Waals surface area contributed by atoms with Crippen molar-refractivity contribution in [2.24, 2.45) is 0 Å². The van der Waals surface area contributed by atoms with E-state index < -0.39 is 0 Å². The topological polar surface area (TPSA) is 38.7 Å². The Bertz CT molecular complexity index is 252. The third-order valence-electron chi connectivity index (χ3n) is 3.81. The van der Waals surface area contributed by atoms with Crippen LogP contribution in [0.4, 0.5) is 0 Å². The van der Waals surface area contributed by atoms with Crippen molar-refractivity contribution in [2.75, 3.05) is 39.3 Å². The molecule has 2 N–H and O–H groups in total. The van der Waals surface area contributed by atoms with Crippen LogP contribution < -0.4 is 5.32 Å². The van der Waals surface area contributed by atoms with E-state index in [9.17, 15) is 5.11 Å². The number of nitrogens with zero attached hydrogens (tertiary/aromatic N) is 2. The first-order valence-electron chi connectivity index (χ1n) is 7.33. The molecule has 18 heavy (non-hydrogen) atoms. The molecule has 2 rings (SSSR count). The van der Waals surface area contributed by atoms with Crippen LogP contribution in [-0.2, 0) is 0 Å². The number of piperazine rings is 1. The third kappa shape index (κ3) is 4.84. The van der Waals surface area contributed by atoms with Gasteiger partial charge >= 0.3 is 0 Å². The van der Waals surface area contributed by atoms with Gasteiger partial charge in [-0.15, -0.1) is 0 Å². The van der Waals surface area contributed by atoms with Gasteiger partial charge in [-0.25, -0.2) is 0 Å². The van der Waals surface area contributed by atoms with Crippen molar-refractivity contribution in [1.29, 1.82) is 0 Å². The average molecular weight is 255 g/mol. The maximum absolute atomic E-state index is 10.0. The molecule has 1 saturated heterocycles. The van der Waals surface area contributed by atoms with Crippen LogP contribution >= 0.6 is 0 Å². The molecule has 1 unspecified atom stereocenters. The molecule has 0 aromatic rings. The summed E-state index contributed by atoms with van der Waals surface area (Å²) in [6, 6.07) is 0.889. The monoisotopic (exact) mass is 255 g/mol. The summed E-state index contributed by atoms with van der Waals surface area (Å²) in [6.07, 6.45) is 2.55. The van der Waals surface area contributed by atoms with E-state index >= 15 is 0 Å². The van der Waals surface area contributed by atoms with Crippen LogP contribution in [0.1, 0.15) is 33.6 Å². The largest absolute Gasteiger partial charge is 0.390 e. The Labute approximate surface area is 111 Å². The highest BCUT2D eigenvalue weighted by molar-refractivity contribution is 4.88. The van der Waals surface area contributed by atoms with Gasteiger partial charge < -0.3 is 10.4 Å². The standard InChI is InChI=1S/C14H29N3O/c1-14(2,3)15-10-13(18)11-16-6-8-17(9-7-16)12-4-5-12/h12-13,15,18H,4-11H2,1-3H3. The normalized spacial score (nSPS) is 25.3. The zero-order chi connectivity index (χ0) is 13.2. The molecule has 4 nitrogen and oxygen atoms in total. The second kappa shape index (κ2) is 5.87. The maximum atomic E-state index is 10.0. The third-order valence-corrected chi connectivity index (χ3v) is 3.81. The van der Waals surface area contributed by atoms with E-state index in [1.807, 2.05) is 0 Å². The molecule has 1 saturated carbocycles. The molecule has 0 radical (unpaired) electrons. The van der Waals surface area contributed by atoms with Crippen molar-refractivity contribution >= 4 is 0 Å². The number of rotatable bonds is 5. The summed E-state index contributed by atoms with van der Waals surface area (Å²) in [5.41, 5.74) is 0.0889. The zero-order valence-corrected chi connectivity index (χ0v) is 12.2. The number of aliphatic hydroxyl groups excluding tert-OH is 1. The summed E-state index contributed by atoms with van der Waals surface area (Å²) >= 11 is 0. The SMILES string of the molecule is CC(C)(C)NCC(O)CN1CCN(C2CC2)CC1. The molecule has 4 heteroatoms. The van der Waals surface area contributed by atoms with Gasteiger partial charge in [0, 0.05) is 50.8 Å². The van der Waals surface area contributed by atoms with Gasteiger partial charge in [-0.3, -0.25) is 9.80 Å². The van der Waals surface area contributed by atoms with Crippen molar-refractivity contribution in [2.45, 2.75) is 51.3 Å². The van der Waals surface area contributed by atoms with Crippen LogP contribution in [0.15, 0.2) is 0 Å². The lowest BCUT2D eigenvalue weighted by molar-refractivity contribution is 0.0670. The van der Waals surface area contributed by atoms with Crippen molar-refractivity contribution in [3.8, 4) is 0 Å². The Morgan fingerprint density at radius 2 is 1.78 bits per heavy atom. The molecule has 106 valence electrons. The molecular weight excluding hydrogens is 226 g/mol. The highest BCUT2D eigenvalue weighted by Gasteiger charge is 2.31. The minimum absolute atomic E-state index is 0.0889. The molecule has 1 atom stereocenters. The lowest BCUT2D eigenvalue weighted by Crippen LogP contribution is -2.51. The van der Waals surface area contributed by atoms with Gasteiger partial charge in [0.1, 0.15) is 0 Å². The molecule has 0 bridgehead atoms. The molecule has 1 aliphatic heterocycles. The summed E-state index contributed by atoms with van der Waals surface area (Å²) < 4.78 is 0. The Morgan fingerprint density at radius 3 is 2.28 bits per heavy atom. The molecule has 2 fully saturated rings. The van der Waals surface area contributed by atoms with Gasteiger partial charge in [-0.1, -0.05) is 0 Å². The predicted octanol–water partition coefficient (Wildman–Crippen LogP) is 0.515. The number of aliphatic hydroxyl groups is 1. The summed E-state index contributed by atoms with van der Waals surface area (Å²) in [6.45, 7) is 12.5. The molecule has 0 spiro atoms. The van der Waals surface area contributed by atoms with Crippen LogP contribution in [0.3, 0.4) is 0 Å². The van der Waals surface area contributed by atoms with Gasteiger partial charge in [0.25, 0.3) is 0 Å². The van der Waals surface area contributed by atoms with Crippen LogP contribution in [0.5, 0.6) is 0 Å². The highest BCUT2D eigenvalue weighted by Crippen LogP contribution is 2.27. The first-order chi connectivity index (χ1) is 8.44. The van der Waals surface area contributed by atoms with E-state index in [1.165, 1.54) is 25.9 Å². The van der Waals surface area contributed by atoms with Crippen molar-refractivity contribution in [3.05, 3.63) is 0 Å². The van der Waals surface area contributed by atoms with Crippen LogP contribution in [-0.4, -0.2) is 71.9 Å². The van der Waals surface area contributed by atoms with E-state index in [1.54, 1.807) is 0 Å². The van der Waals surface area contributed by atoms with Gasteiger partial charge in [-0.2, -0.15) is 0 Å². The van der Waals surface area contributed by atoms with E-state index in [0.717, 1.165) is 25.7 Å². The van der Waals surface area contributed by atoms with E-state index in [0.29, 0.717) is 6.54 Å². The number of β-amino-alcohol motifs (C(OH)–C–C–N with tert-alkyl or cyclic N) is 1. The number of hydrogen-bond acceptors (Lipinski definition) is 4. The molecule has 0 aromatic heterocycles. The van der Waals surface area contributed by atoms with Crippen molar-refractivity contribution in [3.63, 3.8) is 0 Å². The van der Waals surface area contributed by atoms with Gasteiger partial charge in [-0.05, 0) is 33.6 Å². The average Bonchev–Trinajstić information content (AvgIpc) is 3.10. The molecule has 2 aliphatic rings. The lowest BCUT2D eigenvalue weighted by Gasteiger charge is -2.36. The van der Waals surface area contributed by atoms with Gasteiger partial charge in [0.2, 0.25) is 0 Å². The number of nitrogens with one attached hydrogen (secondary N) is 1. The smallest absolute Gasteiger partial charge is 0.0791 e. The second-order valence-electron chi connectivity index (χ2n) is 6.85. The molecule has 0 aromatic carbocycles. The van der Waals surface area contributed by atoms with Crippen molar-refractivity contribution < 1.29 is 5.11 Å². The first-order valence-corrected chi connectivity index (χ1v) is 7.33. The number of hydrogen-bond donors (Lipinski definition) is 2. The predicted molar refractivity (Wildman–Crippen MR) is 74.8 cm³/mol. The molecule has 1 aliphatic carbocycles. The summed E-state index contributed by atoms with van der Waals surface area (Å²) in [5, 5.41) is 13.4. The lowest BCUT2D eigenvalue weighted by atomic mass is 10.1. The van der Waals surface area contributed by atoms with Crippen molar-refractivity contribution in [1.82, 2.24) is 15.1 Å². The molecular formula is C14H29N3O.